The number of fused-ring (bicyclic) bond motifs is 2. The summed E-state index contributed by atoms with van der Waals surface area (Å²) in [5, 5.41) is 4.95. The molecule has 0 saturated carbocycles. The van der Waals surface area contributed by atoms with Crippen LogP contribution in [0.25, 0.3) is 21.5 Å². The standard InChI is InChI=1S/2C10H8S.Fe/c2*11-10-6-5-8-3-1-2-4-9(8)7-10;/h2*1-7,11H;/q;;+2/p-2. The van der Waals surface area contributed by atoms with Gasteiger partial charge in [0.05, 0.1) is 0 Å². The van der Waals surface area contributed by atoms with Gasteiger partial charge in [0.25, 0.3) is 0 Å². The van der Waals surface area contributed by atoms with E-state index in [-0.39, 0.29) is 17.1 Å². The van der Waals surface area contributed by atoms with Crippen LogP contribution in [-0.4, -0.2) is 0 Å². The summed E-state index contributed by atoms with van der Waals surface area (Å²) in [6.07, 6.45) is 0. The zero-order valence-electron chi connectivity index (χ0n) is 12.3. The molecule has 0 amide bonds. The molecule has 0 N–H and O–H groups in total. The predicted octanol–water partition coefficient (Wildman–Crippen LogP) is 5.49. The molecule has 0 atom stereocenters. The normalized spacial score (nSPS) is 9.74. The summed E-state index contributed by atoms with van der Waals surface area (Å²) in [6.45, 7) is 0. The molecule has 0 saturated heterocycles. The van der Waals surface area contributed by atoms with E-state index in [0.29, 0.717) is 0 Å². The summed E-state index contributed by atoms with van der Waals surface area (Å²) in [5.74, 6) is 0. The predicted molar refractivity (Wildman–Crippen MR) is 99.2 cm³/mol. The van der Waals surface area contributed by atoms with Crippen molar-refractivity contribution in [2.75, 3.05) is 0 Å². The van der Waals surface area contributed by atoms with Crippen LogP contribution in [-0.2, 0) is 42.3 Å². The van der Waals surface area contributed by atoms with Crippen molar-refractivity contribution >= 4 is 46.8 Å². The van der Waals surface area contributed by atoms with Crippen molar-refractivity contribution in [3.05, 3.63) is 84.9 Å². The maximum atomic E-state index is 5.04. The second kappa shape index (κ2) is 8.28. The molecule has 0 bridgehead atoms. The molecule has 0 nitrogen and oxygen atoms in total. The Morgan fingerprint density at radius 2 is 0.783 bits per heavy atom. The van der Waals surface area contributed by atoms with Gasteiger partial charge in [-0.2, -0.15) is 9.79 Å². The average molecular weight is 374 g/mol. The molecule has 0 radical (unpaired) electrons. The van der Waals surface area contributed by atoms with Crippen molar-refractivity contribution in [2.45, 2.75) is 9.79 Å². The molecule has 23 heavy (non-hydrogen) atoms. The van der Waals surface area contributed by atoms with E-state index >= 15 is 0 Å². The van der Waals surface area contributed by atoms with Crippen LogP contribution in [0.1, 0.15) is 0 Å². The molecule has 4 rings (SSSR count). The molecular formula is C20H14FeS2. The van der Waals surface area contributed by atoms with Gasteiger partial charge >= 0.3 is 17.1 Å². The van der Waals surface area contributed by atoms with Crippen LogP contribution >= 0.6 is 0 Å². The van der Waals surface area contributed by atoms with Gasteiger partial charge in [-0.05, 0) is 21.5 Å². The van der Waals surface area contributed by atoms with Gasteiger partial charge in [-0.1, -0.05) is 84.9 Å². The monoisotopic (exact) mass is 374 g/mol. The van der Waals surface area contributed by atoms with E-state index < -0.39 is 0 Å². The zero-order chi connectivity index (χ0) is 15.4. The van der Waals surface area contributed by atoms with Gasteiger partial charge in [-0.3, -0.25) is 0 Å². The van der Waals surface area contributed by atoms with E-state index in [1.165, 1.54) is 21.5 Å². The number of benzene rings is 4. The minimum absolute atomic E-state index is 0. The Morgan fingerprint density at radius 1 is 0.435 bits per heavy atom. The maximum Gasteiger partial charge on any atom is 2.00 e. The number of hydrogen-bond donors (Lipinski definition) is 0. The molecule has 0 spiro atoms. The van der Waals surface area contributed by atoms with Gasteiger partial charge in [0.2, 0.25) is 0 Å². The number of hydrogen-bond acceptors (Lipinski definition) is 2. The van der Waals surface area contributed by atoms with Crippen LogP contribution in [0, 0.1) is 0 Å². The minimum Gasteiger partial charge on any atom is -0.780 e. The minimum atomic E-state index is 0. The third-order valence-corrected chi connectivity index (χ3v) is 3.95. The Kier molecular flexibility index (Phi) is 6.37. The summed E-state index contributed by atoms with van der Waals surface area (Å²) >= 11 is 10.1. The van der Waals surface area contributed by atoms with Gasteiger partial charge < -0.3 is 25.3 Å². The first-order valence-electron chi connectivity index (χ1n) is 7.04. The maximum absolute atomic E-state index is 5.04. The van der Waals surface area contributed by atoms with E-state index in [9.17, 15) is 0 Å². The second-order valence-electron chi connectivity index (χ2n) is 5.02. The van der Waals surface area contributed by atoms with Gasteiger partial charge in [0.1, 0.15) is 0 Å². The van der Waals surface area contributed by atoms with Crippen molar-refractivity contribution in [1.82, 2.24) is 0 Å². The molecule has 0 fully saturated rings. The van der Waals surface area contributed by atoms with Crippen LogP contribution in [0.4, 0.5) is 0 Å². The number of rotatable bonds is 0. The Balaban J connectivity index is 0.000000160. The summed E-state index contributed by atoms with van der Waals surface area (Å²) in [5.41, 5.74) is 0. The van der Waals surface area contributed by atoms with E-state index in [2.05, 4.69) is 36.4 Å². The fourth-order valence-corrected chi connectivity index (χ4v) is 2.72. The van der Waals surface area contributed by atoms with Crippen LogP contribution in [0.3, 0.4) is 0 Å². The molecule has 4 aromatic carbocycles. The van der Waals surface area contributed by atoms with Crippen molar-refractivity contribution in [3.8, 4) is 0 Å². The molecule has 0 aliphatic carbocycles. The summed E-state index contributed by atoms with van der Waals surface area (Å²) < 4.78 is 0. The van der Waals surface area contributed by atoms with Crippen LogP contribution in [0.2, 0.25) is 0 Å². The molecule has 3 heteroatoms. The van der Waals surface area contributed by atoms with Gasteiger partial charge in [-0.15, -0.1) is 0 Å². The first-order valence-corrected chi connectivity index (χ1v) is 7.86. The second-order valence-corrected chi connectivity index (χ2v) is 5.96. The summed E-state index contributed by atoms with van der Waals surface area (Å²) in [6, 6.07) is 28.5. The van der Waals surface area contributed by atoms with Crippen molar-refractivity contribution in [3.63, 3.8) is 0 Å². The van der Waals surface area contributed by atoms with Gasteiger partial charge in [-0.25, -0.2) is 0 Å². The van der Waals surface area contributed by atoms with Crippen molar-refractivity contribution < 1.29 is 17.1 Å². The molecule has 0 aromatic heterocycles. The van der Waals surface area contributed by atoms with E-state index in [1.807, 2.05) is 48.5 Å². The fraction of sp³-hybridized carbons (Fsp3) is 0. The van der Waals surface area contributed by atoms with Crippen LogP contribution in [0.5, 0.6) is 0 Å². The average Bonchev–Trinajstić information content (AvgIpc) is 2.55. The van der Waals surface area contributed by atoms with Gasteiger partial charge in [0.15, 0.2) is 0 Å². The fourth-order valence-electron chi connectivity index (χ4n) is 2.33. The quantitative estimate of drug-likeness (QED) is 0.295. The third kappa shape index (κ3) is 4.66. The first-order chi connectivity index (χ1) is 10.7. The molecule has 4 aromatic rings. The molecule has 0 heterocycles. The zero-order valence-corrected chi connectivity index (χ0v) is 15.0. The van der Waals surface area contributed by atoms with E-state index in [1.54, 1.807) is 0 Å². The summed E-state index contributed by atoms with van der Waals surface area (Å²) in [4.78, 5) is 1.81. The Bertz CT molecular complexity index is 842. The van der Waals surface area contributed by atoms with Crippen molar-refractivity contribution in [1.29, 1.82) is 0 Å². The largest absolute Gasteiger partial charge is 2.00 e. The Hall–Kier alpha value is -1.64. The van der Waals surface area contributed by atoms with Crippen molar-refractivity contribution in [2.24, 2.45) is 0 Å². The third-order valence-electron chi connectivity index (χ3n) is 3.44. The van der Waals surface area contributed by atoms with Gasteiger partial charge in [0, 0.05) is 0 Å². The SMILES string of the molecule is [Fe+2].[S-]c1ccc2ccccc2c1.[S-]c1ccc2ccccc2c1. The Labute approximate surface area is 158 Å². The topological polar surface area (TPSA) is 0 Å². The van der Waals surface area contributed by atoms with E-state index in [4.69, 9.17) is 25.3 Å². The molecule has 0 aliphatic rings. The molecule has 0 unspecified atom stereocenters. The summed E-state index contributed by atoms with van der Waals surface area (Å²) in [7, 11) is 0. The molecular weight excluding hydrogens is 360 g/mol. The molecule has 0 aliphatic heterocycles. The van der Waals surface area contributed by atoms with Crippen LogP contribution < -0.4 is 0 Å². The first kappa shape index (κ1) is 17.7. The Morgan fingerprint density at radius 3 is 1.17 bits per heavy atom. The smallest absolute Gasteiger partial charge is 0.780 e. The van der Waals surface area contributed by atoms with E-state index in [0.717, 1.165) is 9.79 Å². The molecule has 114 valence electrons. The van der Waals surface area contributed by atoms with Crippen LogP contribution in [0.15, 0.2) is 94.7 Å².